The van der Waals surface area contributed by atoms with Gasteiger partial charge in [0.25, 0.3) is 0 Å². The predicted octanol–water partition coefficient (Wildman–Crippen LogP) is 13.3. The van der Waals surface area contributed by atoms with E-state index < -0.39 is 0 Å². The van der Waals surface area contributed by atoms with Gasteiger partial charge in [0.05, 0.1) is 0 Å². The van der Waals surface area contributed by atoms with Gasteiger partial charge in [-0.05, 0) is 83.9 Å². The lowest BCUT2D eigenvalue weighted by Crippen LogP contribution is -2.00. The van der Waals surface area contributed by atoms with Crippen LogP contribution in [0.15, 0.2) is 200 Å². The first-order valence-corrected chi connectivity index (χ1v) is 18.3. The van der Waals surface area contributed by atoms with Crippen LogP contribution in [0, 0.1) is 0 Å². The molecule has 0 aliphatic carbocycles. The molecule has 54 heavy (non-hydrogen) atoms. The molecule has 0 unspecified atom stereocenters. The SMILES string of the molecule is c1ccc(-c2nc(-c3ccc4cc(-c5ccc(-c6ccccc6)c6ccccc56)ccc4c3)nc(-c3ccc(-c4ccccc4)c4ccccc34)n2)cc1. The molecule has 0 aliphatic rings. The van der Waals surface area contributed by atoms with Crippen molar-refractivity contribution in [3.63, 3.8) is 0 Å². The van der Waals surface area contributed by atoms with Gasteiger partial charge in [0.15, 0.2) is 17.5 Å². The predicted molar refractivity (Wildman–Crippen MR) is 225 cm³/mol. The van der Waals surface area contributed by atoms with Gasteiger partial charge in [-0.2, -0.15) is 0 Å². The second kappa shape index (κ2) is 13.4. The Morgan fingerprint density at radius 2 is 0.574 bits per heavy atom. The zero-order chi connectivity index (χ0) is 35.8. The highest BCUT2D eigenvalue weighted by molar-refractivity contribution is 6.06. The third kappa shape index (κ3) is 5.69. The van der Waals surface area contributed by atoms with E-state index in [1.165, 1.54) is 44.2 Å². The van der Waals surface area contributed by atoms with Crippen molar-refractivity contribution in [2.45, 2.75) is 0 Å². The van der Waals surface area contributed by atoms with Crippen LogP contribution in [-0.4, -0.2) is 15.0 Å². The van der Waals surface area contributed by atoms with Gasteiger partial charge in [0.2, 0.25) is 0 Å². The number of fused-ring (bicyclic) bond motifs is 3. The summed E-state index contributed by atoms with van der Waals surface area (Å²) in [5.41, 5.74) is 10.1. The highest BCUT2D eigenvalue weighted by atomic mass is 15.0. The molecule has 0 aliphatic heterocycles. The van der Waals surface area contributed by atoms with E-state index in [4.69, 9.17) is 15.0 Å². The second-order valence-electron chi connectivity index (χ2n) is 13.6. The smallest absolute Gasteiger partial charge is 0.164 e. The molecular weight excluding hydrogens is 655 g/mol. The maximum absolute atomic E-state index is 5.17. The van der Waals surface area contributed by atoms with Gasteiger partial charge < -0.3 is 0 Å². The topological polar surface area (TPSA) is 38.7 Å². The van der Waals surface area contributed by atoms with E-state index >= 15 is 0 Å². The van der Waals surface area contributed by atoms with Gasteiger partial charge in [-0.15, -0.1) is 0 Å². The van der Waals surface area contributed by atoms with Crippen LogP contribution in [-0.2, 0) is 0 Å². The van der Waals surface area contributed by atoms with Gasteiger partial charge in [0, 0.05) is 16.7 Å². The van der Waals surface area contributed by atoms with E-state index in [9.17, 15) is 0 Å². The van der Waals surface area contributed by atoms with Crippen molar-refractivity contribution in [3.8, 4) is 67.5 Å². The summed E-state index contributed by atoms with van der Waals surface area (Å²) < 4.78 is 0. The van der Waals surface area contributed by atoms with Crippen LogP contribution in [0.25, 0.3) is 99.9 Å². The minimum atomic E-state index is 0.642. The third-order valence-electron chi connectivity index (χ3n) is 10.3. The summed E-state index contributed by atoms with van der Waals surface area (Å²) in [7, 11) is 0. The van der Waals surface area contributed by atoms with E-state index in [-0.39, 0.29) is 0 Å². The number of hydrogen-bond donors (Lipinski definition) is 0. The Labute approximate surface area is 313 Å². The molecule has 9 aromatic carbocycles. The van der Waals surface area contributed by atoms with E-state index in [1.807, 2.05) is 18.2 Å². The Hall–Kier alpha value is -7.23. The minimum absolute atomic E-state index is 0.642. The van der Waals surface area contributed by atoms with Gasteiger partial charge >= 0.3 is 0 Å². The number of rotatable bonds is 6. The van der Waals surface area contributed by atoms with E-state index in [2.05, 4.69) is 182 Å². The first-order chi connectivity index (χ1) is 26.8. The van der Waals surface area contributed by atoms with Crippen molar-refractivity contribution in [3.05, 3.63) is 200 Å². The van der Waals surface area contributed by atoms with Crippen molar-refractivity contribution in [2.75, 3.05) is 0 Å². The lowest BCUT2D eigenvalue weighted by Gasteiger charge is -2.14. The molecule has 0 radical (unpaired) electrons. The first-order valence-electron chi connectivity index (χ1n) is 18.3. The van der Waals surface area contributed by atoms with Crippen molar-refractivity contribution in [2.24, 2.45) is 0 Å². The van der Waals surface area contributed by atoms with Crippen molar-refractivity contribution in [1.82, 2.24) is 15.0 Å². The summed E-state index contributed by atoms with van der Waals surface area (Å²) in [5.74, 6) is 1.94. The Kier molecular flexibility index (Phi) is 7.81. The summed E-state index contributed by atoms with van der Waals surface area (Å²) in [5, 5.41) is 7.04. The normalized spacial score (nSPS) is 11.3. The molecule has 10 rings (SSSR count). The maximum Gasteiger partial charge on any atom is 0.164 e. The maximum atomic E-state index is 5.17. The lowest BCUT2D eigenvalue weighted by molar-refractivity contribution is 1.08. The second-order valence-corrected chi connectivity index (χ2v) is 13.6. The monoisotopic (exact) mass is 687 g/mol. The van der Waals surface area contributed by atoms with Gasteiger partial charge in [-0.3, -0.25) is 0 Å². The molecule has 0 bridgehead atoms. The summed E-state index contributed by atoms with van der Waals surface area (Å²) in [6, 6.07) is 70.6. The molecule has 10 aromatic rings. The molecule has 1 heterocycles. The zero-order valence-corrected chi connectivity index (χ0v) is 29.4. The lowest BCUT2D eigenvalue weighted by atomic mass is 9.91. The largest absolute Gasteiger partial charge is 0.208 e. The van der Waals surface area contributed by atoms with E-state index in [1.54, 1.807) is 0 Å². The van der Waals surface area contributed by atoms with Crippen LogP contribution in [0.5, 0.6) is 0 Å². The fourth-order valence-electron chi connectivity index (χ4n) is 7.68. The molecule has 3 heteroatoms. The summed E-state index contributed by atoms with van der Waals surface area (Å²) >= 11 is 0. The number of benzene rings is 9. The fourth-order valence-corrected chi connectivity index (χ4v) is 7.68. The molecule has 0 amide bonds. The molecular formula is C51H33N3. The molecule has 0 saturated carbocycles. The standard InChI is InChI=1S/C51H33N3/c1-4-14-34(15-5-1)41-28-29-43(46-22-11-10-20-44(41)46)39-26-24-38-33-40(27-25-37(38)32-39)50-52-49(36-18-8-3-9-19-36)53-51(54-50)48-31-30-42(35-16-6-2-7-17-35)45-21-12-13-23-47(45)48/h1-33H. The van der Waals surface area contributed by atoms with Crippen molar-refractivity contribution < 1.29 is 0 Å². The Morgan fingerprint density at radius 3 is 1.09 bits per heavy atom. The van der Waals surface area contributed by atoms with Crippen LogP contribution < -0.4 is 0 Å². The number of aromatic nitrogens is 3. The molecule has 0 atom stereocenters. The Bertz CT molecular complexity index is 2970. The van der Waals surface area contributed by atoms with Crippen molar-refractivity contribution >= 4 is 32.3 Å². The van der Waals surface area contributed by atoms with Crippen LogP contribution in [0.3, 0.4) is 0 Å². The average molecular weight is 688 g/mol. The molecule has 1 aromatic heterocycles. The molecule has 0 fully saturated rings. The zero-order valence-electron chi connectivity index (χ0n) is 29.4. The van der Waals surface area contributed by atoms with Gasteiger partial charge in [0.1, 0.15) is 0 Å². The molecule has 0 spiro atoms. The summed E-state index contributed by atoms with van der Waals surface area (Å²) in [4.78, 5) is 15.3. The summed E-state index contributed by atoms with van der Waals surface area (Å²) in [6.45, 7) is 0. The fraction of sp³-hybridized carbons (Fsp3) is 0. The Morgan fingerprint density at radius 1 is 0.222 bits per heavy atom. The summed E-state index contributed by atoms with van der Waals surface area (Å²) in [6.07, 6.45) is 0. The van der Waals surface area contributed by atoms with Gasteiger partial charge in [-0.1, -0.05) is 182 Å². The van der Waals surface area contributed by atoms with E-state index in [0.717, 1.165) is 38.2 Å². The Balaban J connectivity index is 1.08. The highest BCUT2D eigenvalue weighted by Gasteiger charge is 2.17. The minimum Gasteiger partial charge on any atom is -0.208 e. The van der Waals surface area contributed by atoms with Crippen LogP contribution in [0.1, 0.15) is 0 Å². The van der Waals surface area contributed by atoms with E-state index in [0.29, 0.717) is 17.5 Å². The molecule has 252 valence electrons. The van der Waals surface area contributed by atoms with Crippen LogP contribution in [0.4, 0.5) is 0 Å². The van der Waals surface area contributed by atoms with Crippen LogP contribution in [0.2, 0.25) is 0 Å². The average Bonchev–Trinajstić information content (AvgIpc) is 3.26. The quantitative estimate of drug-likeness (QED) is 0.175. The first kappa shape index (κ1) is 31.5. The highest BCUT2D eigenvalue weighted by Crippen LogP contribution is 2.38. The molecule has 0 saturated heterocycles. The van der Waals surface area contributed by atoms with Gasteiger partial charge in [-0.25, -0.2) is 15.0 Å². The third-order valence-corrected chi connectivity index (χ3v) is 10.3. The molecule has 3 nitrogen and oxygen atoms in total. The molecule has 0 N–H and O–H groups in total. The van der Waals surface area contributed by atoms with Crippen molar-refractivity contribution in [1.29, 1.82) is 0 Å². The number of hydrogen-bond acceptors (Lipinski definition) is 3. The number of nitrogens with zero attached hydrogens (tertiary/aromatic N) is 3. The van der Waals surface area contributed by atoms with Crippen LogP contribution >= 0.6 is 0 Å².